The highest BCUT2D eigenvalue weighted by atomic mass is 79.9. The third kappa shape index (κ3) is 3.44. The molecule has 1 aromatic carbocycles. The van der Waals surface area contributed by atoms with E-state index < -0.39 is 0 Å². The fourth-order valence-corrected chi connectivity index (χ4v) is 2.25. The summed E-state index contributed by atoms with van der Waals surface area (Å²) in [4.78, 5) is 2.46. The minimum absolute atomic E-state index is 1.04. The molecule has 0 spiro atoms. The average molecular weight is 281 g/mol. The molecule has 1 aromatic rings. The Labute approximate surface area is 105 Å². The molecule has 0 saturated carbocycles. The fraction of sp³-hybridized carbons (Fsp3) is 0.385. The van der Waals surface area contributed by atoms with Crippen molar-refractivity contribution in [1.82, 2.24) is 10.2 Å². The first kappa shape index (κ1) is 11.8. The van der Waals surface area contributed by atoms with Crippen molar-refractivity contribution < 1.29 is 0 Å². The van der Waals surface area contributed by atoms with Crippen LogP contribution in [0.2, 0.25) is 0 Å². The molecule has 1 heterocycles. The molecule has 1 fully saturated rings. The number of benzene rings is 1. The van der Waals surface area contributed by atoms with Crippen LogP contribution in [-0.4, -0.2) is 37.6 Å². The maximum absolute atomic E-state index is 3.55. The minimum atomic E-state index is 1.04. The lowest BCUT2D eigenvalue weighted by atomic mass is 10.2. The zero-order valence-corrected chi connectivity index (χ0v) is 10.9. The monoisotopic (exact) mass is 280 g/mol. The van der Waals surface area contributed by atoms with Crippen LogP contribution in [0.15, 0.2) is 34.8 Å². The van der Waals surface area contributed by atoms with Crippen LogP contribution >= 0.6 is 15.9 Å². The van der Waals surface area contributed by atoms with Crippen LogP contribution in [0.1, 0.15) is 5.56 Å². The van der Waals surface area contributed by atoms with E-state index in [0.29, 0.717) is 0 Å². The molecule has 1 N–H and O–H groups in total. The van der Waals surface area contributed by atoms with E-state index in [0.717, 1.165) is 37.2 Å². The van der Waals surface area contributed by atoms with Crippen LogP contribution < -0.4 is 5.32 Å². The molecule has 16 heavy (non-hydrogen) atoms. The summed E-state index contributed by atoms with van der Waals surface area (Å²) in [5.74, 6) is 0. The van der Waals surface area contributed by atoms with E-state index in [1.807, 2.05) is 6.07 Å². The maximum Gasteiger partial charge on any atom is 0.0247 e. The number of hydrogen-bond donors (Lipinski definition) is 1. The zero-order chi connectivity index (χ0) is 11.2. The number of hydrogen-bond acceptors (Lipinski definition) is 2. The summed E-state index contributed by atoms with van der Waals surface area (Å²) in [6.45, 7) is 5.58. The van der Waals surface area contributed by atoms with Gasteiger partial charge in [-0.15, -0.1) is 0 Å². The van der Waals surface area contributed by atoms with Crippen molar-refractivity contribution in [2.24, 2.45) is 0 Å². The molecule has 1 saturated heterocycles. The Bertz CT molecular complexity index is 357. The molecule has 0 unspecified atom stereocenters. The Balaban J connectivity index is 1.87. The molecular formula is C13H17BrN2. The van der Waals surface area contributed by atoms with Gasteiger partial charge in [0.1, 0.15) is 0 Å². The molecule has 3 heteroatoms. The van der Waals surface area contributed by atoms with Crippen molar-refractivity contribution in [3.05, 3.63) is 40.4 Å². The third-order valence-electron chi connectivity index (χ3n) is 2.78. The van der Waals surface area contributed by atoms with Gasteiger partial charge in [-0.05, 0) is 11.6 Å². The van der Waals surface area contributed by atoms with Gasteiger partial charge in [0.05, 0.1) is 0 Å². The summed E-state index contributed by atoms with van der Waals surface area (Å²) in [6, 6.07) is 8.30. The van der Waals surface area contributed by atoms with Crippen molar-refractivity contribution in [3.63, 3.8) is 0 Å². The van der Waals surface area contributed by atoms with Crippen molar-refractivity contribution in [2.75, 3.05) is 32.7 Å². The van der Waals surface area contributed by atoms with E-state index in [-0.39, 0.29) is 0 Å². The lowest BCUT2D eigenvalue weighted by Crippen LogP contribution is -2.43. The molecular weight excluding hydrogens is 264 g/mol. The van der Waals surface area contributed by atoms with Gasteiger partial charge in [-0.2, -0.15) is 0 Å². The summed E-state index contributed by atoms with van der Waals surface area (Å²) >= 11 is 3.55. The predicted molar refractivity (Wildman–Crippen MR) is 72.5 cm³/mol. The molecule has 2 nitrogen and oxygen atoms in total. The van der Waals surface area contributed by atoms with Gasteiger partial charge in [0.2, 0.25) is 0 Å². The van der Waals surface area contributed by atoms with E-state index in [1.54, 1.807) is 0 Å². The maximum atomic E-state index is 3.55. The van der Waals surface area contributed by atoms with Gasteiger partial charge in [0.15, 0.2) is 0 Å². The van der Waals surface area contributed by atoms with Crippen LogP contribution in [-0.2, 0) is 0 Å². The van der Waals surface area contributed by atoms with Crippen molar-refractivity contribution in [2.45, 2.75) is 0 Å². The van der Waals surface area contributed by atoms with Crippen molar-refractivity contribution in [1.29, 1.82) is 0 Å². The van der Waals surface area contributed by atoms with Crippen LogP contribution in [0.25, 0.3) is 6.08 Å². The second-order valence-corrected chi connectivity index (χ2v) is 4.83. The van der Waals surface area contributed by atoms with E-state index in [4.69, 9.17) is 0 Å². The highest BCUT2D eigenvalue weighted by Crippen LogP contribution is 2.17. The number of nitrogens with one attached hydrogen (secondary N) is 1. The molecule has 0 atom stereocenters. The van der Waals surface area contributed by atoms with E-state index in [1.165, 1.54) is 5.56 Å². The van der Waals surface area contributed by atoms with Gasteiger partial charge in [-0.3, -0.25) is 4.90 Å². The Morgan fingerprint density at radius 1 is 1.25 bits per heavy atom. The lowest BCUT2D eigenvalue weighted by Gasteiger charge is -2.25. The minimum Gasteiger partial charge on any atom is -0.314 e. The average Bonchev–Trinajstić information content (AvgIpc) is 2.33. The van der Waals surface area contributed by atoms with E-state index in [2.05, 4.69) is 56.5 Å². The predicted octanol–water partition coefficient (Wildman–Crippen LogP) is 2.37. The molecule has 0 aliphatic carbocycles. The first-order valence-electron chi connectivity index (χ1n) is 5.70. The van der Waals surface area contributed by atoms with Gasteiger partial charge in [-0.1, -0.05) is 46.3 Å². The molecule has 1 aliphatic heterocycles. The Morgan fingerprint density at radius 2 is 2.00 bits per heavy atom. The summed E-state index contributed by atoms with van der Waals surface area (Å²) in [6.07, 6.45) is 4.43. The summed E-state index contributed by atoms with van der Waals surface area (Å²) < 4.78 is 1.16. The molecule has 2 rings (SSSR count). The molecule has 0 radical (unpaired) electrons. The Morgan fingerprint density at radius 3 is 2.75 bits per heavy atom. The topological polar surface area (TPSA) is 15.3 Å². The second kappa shape index (κ2) is 6.18. The summed E-state index contributed by atoms with van der Waals surface area (Å²) in [5, 5.41) is 3.36. The smallest absolute Gasteiger partial charge is 0.0247 e. The highest BCUT2D eigenvalue weighted by molar-refractivity contribution is 9.10. The fourth-order valence-electron chi connectivity index (χ4n) is 1.83. The third-order valence-corrected chi connectivity index (χ3v) is 3.50. The van der Waals surface area contributed by atoms with Gasteiger partial charge in [-0.25, -0.2) is 0 Å². The van der Waals surface area contributed by atoms with Crippen LogP contribution in [0.5, 0.6) is 0 Å². The number of rotatable bonds is 3. The SMILES string of the molecule is Brc1ccccc1/C=C/CN1CCNCC1. The summed E-state index contributed by atoms with van der Waals surface area (Å²) in [5.41, 5.74) is 1.25. The number of halogens is 1. The Hall–Kier alpha value is -0.640. The quantitative estimate of drug-likeness (QED) is 0.915. The van der Waals surface area contributed by atoms with Gasteiger partial charge in [0.25, 0.3) is 0 Å². The van der Waals surface area contributed by atoms with Gasteiger partial charge >= 0.3 is 0 Å². The molecule has 0 amide bonds. The highest BCUT2D eigenvalue weighted by Gasteiger charge is 2.06. The normalized spacial score (nSPS) is 18.1. The van der Waals surface area contributed by atoms with E-state index >= 15 is 0 Å². The van der Waals surface area contributed by atoms with Crippen molar-refractivity contribution >= 4 is 22.0 Å². The molecule has 86 valence electrons. The largest absolute Gasteiger partial charge is 0.314 e. The van der Waals surface area contributed by atoms with E-state index in [9.17, 15) is 0 Å². The number of piperazine rings is 1. The van der Waals surface area contributed by atoms with Gasteiger partial charge < -0.3 is 5.32 Å². The van der Waals surface area contributed by atoms with Crippen molar-refractivity contribution in [3.8, 4) is 0 Å². The second-order valence-electron chi connectivity index (χ2n) is 3.97. The first-order valence-corrected chi connectivity index (χ1v) is 6.50. The first-order chi connectivity index (χ1) is 7.86. The molecule has 1 aliphatic rings. The van der Waals surface area contributed by atoms with Gasteiger partial charge in [0, 0.05) is 37.2 Å². The molecule has 0 aromatic heterocycles. The lowest BCUT2D eigenvalue weighted by molar-refractivity contribution is 0.265. The van der Waals surface area contributed by atoms with Crippen LogP contribution in [0.4, 0.5) is 0 Å². The molecule has 0 bridgehead atoms. The standard InChI is InChI=1S/C13H17BrN2/c14-13-6-2-1-4-12(13)5-3-9-16-10-7-15-8-11-16/h1-6,15H,7-11H2/b5-3+. The summed E-state index contributed by atoms with van der Waals surface area (Å²) in [7, 11) is 0. The number of nitrogens with zero attached hydrogens (tertiary/aromatic N) is 1. The zero-order valence-electron chi connectivity index (χ0n) is 9.32. The Kier molecular flexibility index (Phi) is 4.57. The van der Waals surface area contributed by atoms with Crippen LogP contribution in [0, 0.1) is 0 Å². The van der Waals surface area contributed by atoms with Crippen LogP contribution in [0.3, 0.4) is 0 Å².